The molecule has 2 rings (SSSR count). The third-order valence-corrected chi connectivity index (χ3v) is 6.38. The molecule has 10 nitrogen and oxygen atoms in total. The van der Waals surface area contributed by atoms with Crippen molar-refractivity contribution >= 4 is 14.3 Å². The molecule has 190 valence electrons. The number of rotatable bonds is 13. The third-order valence-electron chi connectivity index (χ3n) is 5.05. The second-order valence-electron chi connectivity index (χ2n) is 9.18. The Morgan fingerprint density at radius 3 is 2.76 bits per heavy atom. The Kier molecular flexibility index (Phi) is 11.3. The Labute approximate surface area is 203 Å². The number of ether oxygens (including phenoxy) is 2. The van der Waals surface area contributed by atoms with Gasteiger partial charge in [-0.1, -0.05) is 6.07 Å². The summed E-state index contributed by atoms with van der Waals surface area (Å²) in [7, 11) is -0.0977. The van der Waals surface area contributed by atoms with E-state index in [1.807, 2.05) is 40.8 Å². The van der Waals surface area contributed by atoms with Crippen LogP contribution in [0.5, 0.6) is 0 Å². The molecule has 11 heteroatoms. The molecule has 0 bridgehead atoms. The van der Waals surface area contributed by atoms with Crippen LogP contribution in [0, 0.1) is 21.4 Å². The lowest BCUT2D eigenvalue weighted by Crippen LogP contribution is -2.33. The normalized spacial score (nSPS) is 22.3. The minimum absolute atomic E-state index is 0.0220. The molecule has 1 fully saturated rings. The van der Waals surface area contributed by atoms with E-state index < -0.39 is 19.6 Å². The van der Waals surface area contributed by atoms with Crippen LogP contribution in [0.25, 0.3) is 0 Å². The smallest absolute Gasteiger partial charge is 0.333 e. The molecule has 1 N–H and O–H groups in total. The summed E-state index contributed by atoms with van der Waals surface area (Å²) in [4.78, 5) is 11.2. The van der Waals surface area contributed by atoms with Gasteiger partial charge in [-0.3, -0.25) is 10.1 Å². The summed E-state index contributed by atoms with van der Waals surface area (Å²) in [5.41, 5.74) is 0.970. The maximum absolute atomic E-state index is 11.6. The van der Waals surface area contributed by atoms with Gasteiger partial charge < -0.3 is 28.4 Å². The van der Waals surface area contributed by atoms with Crippen molar-refractivity contribution in [3.8, 4) is 6.07 Å². The quantitative estimate of drug-likeness (QED) is 0.175. The van der Waals surface area contributed by atoms with Gasteiger partial charge in [0.25, 0.3) is 5.69 Å². The molecule has 0 radical (unpaired) electrons. The lowest BCUT2D eigenvalue weighted by atomic mass is 10.0. The Balaban J connectivity index is 2.18. The summed E-state index contributed by atoms with van der Waals surface area (Å²) < 4.78 is 29.9. The molecule has 0 saturated carbocycles. The number of hydrogen-bond acceptors (Lipinski definition) is 9. The summed E-state index contributed by atoms with van der Waals surface area (Å²) in [6.45, 7) is 10.7. The second kappa shape index (κ2) is 13.4. The number of hydrogen-bond donors (Lipinski definition) is 1. The fourth-order valence-corrected chi connectivity index (χ4v) is 4.69. The van der Waals surface area contributed by atoms with Crippen LogP contribution in [0.3, 0.4) is 0 Å². The Hall–Kier alpha value is -1.70. The lowest BCUT2D eigenvalue weighted by Gasteiger charge is -2.28. The molecule has 34 heavy (non-hydrogen) atoms. The molecule has 1 heterocycles. The van der Waals surface area contributed by atoms with Gasteiger partial charge in [0.2, 0.25) is 0 Å². The lowest BCUT2D eigenvalue weighted by molar-refractivity contribution is -0.386. The van der Waals surface area contributed by atoms with Crippen molar-refractivity contribution in [1.82, 2.24) is 5.32 Å². The summed E-state index contributed by atoms with van der Waals surface area (Å²) in [6.07, 6.45) is -0.518. The number of nitriles is 1. The summed E-state index contributed by atoms with van der Waals surface area (Å²) in [6, 6.07) is 6.98. The average Bonchev–Trinajstić information content (AvgIpc) is 3.10. The zero-order valence-corrected chi connectivity index (χ0v) is 21.7. The monoisotopic (exact) mass is 497 g/mol. The van der Waals surface area contributed by atoms with E-state index in [0.717, 1.165) is 5.56 Å². The molecule has 1 aliphatic rings. The van der Waals surface area contributed by atoms with Gasteiger partial charge in [0.1, 0.15) is 6.10 Å². The Bertz CT molecular complexity index is 843. The van der Waals surface area contributed by atoms with Gasteiger partial charge in [0.15, 0.2) is 0 Å². The zero-order valence-electron chi connectivity index (χ0n) is 20.8. The fourth-order valence-electron chi connectivity index (χ4n) is 3.47. The van der Waals surface area contributed by atoms with Gasteiger partial charge in [-0.05, 0) is 53.3 Å². The molecule has 1 saturated heterocycles. The minimum Gasteiger partial charge on any atom is -0.373 e. The molecule has 1 aromatic rings. The van der Waals surface area contributed by atoms with Crippen LogP contribution in [-0.2, 0) is 29.6 Å². The van der Waals surface area contributed by atoms with E-state index in [9.17, 15) is 10.1 Å². The first-order valence-electron chi connectivity index (χ1n) is 11.4. The summed E-state index contributed by atoms with van der Waals surface area (Å²) >= 11 is 0. The molecule has 0 amide bonds. The van der Waals surface area contributed by atoms with E-state index in [-0.39, 0.29) is 42.6 Å². The van der Waals surface area contributed by atoms with Gasteiger partial charge >= 0.3 is 8.60 Å². The van der Waals surface area contributed by atoms with Crippen LogP contribution in [0.1, 0.15) is 64.7 Å². The molecular formula is C23H36N3O7P. The molecule has 0 aromatic heterocycles. The van der Waals surface area contributed by atoms with Crippen LogP contribution in [-0.4, -0.2) is 49.1 Å². The van der Waals surface area contributed by atoms with Crippen molar-refractivity contribution in [2.24, 2.45) is 0 Å². The second-order valence-corrected chi connectivity index (χ2v) is 10.3. The maximum Gasteiger partial charge on any atom is 0.333 e. The Morgan fingerprint density at radius 1 is 1.41 bits per heavy atom. The number of benzene rings is 1. The highest BCUT2D eigenvalue weighted by Gasteiger charge is 2.38. The highest BCUT2D eigenvalue weighted by Crippen LogP contribution is 2.49. The molecule has 0 spiro atoms. The fraction of sp³-hybridized carbons (Fsp3) is 0.696. The molecular weight excluding hydrogens is 461 g/mol. The van der Waals surface area contributed by atoms with Gasteiger partial charge in [0.05, 0.1) is 60.1 Å². The number of nitrogens with one attached hydrogen (secondary N) is 1. The first kappa shape index (κ1) is 28.5. The van der Waals surface area contributed by atoms with Gasteiger partial charge in [-0.15, -0.1) is 0 Å². The van der Waals surface area contributed by atoms with Gasteiger partial charge in [-0.2, -0.15) is 5.26 Å². The average molecular weight is 498 g/mol. The predicted octanol–water partition coefficient (Wildman–Crippen LogP) is 4.93. The molecule has 5 atom stereocenters. The molecule has 0 aliphatic carbocycles. The van der Waals surface area contributed by atoms with Crippen molar-refractivity contribution in [1.29, 1.82) is 5.26 Å². The number of nitro groups is 1. The van der Waals surface area contributed by atoms with E-state index in [1.54, 1.807) is 19.1 Å². The van der Waals surface area contributed by atoms with Crippen LogP contribution < -0.4 is 5.32 Å². The largest absolute Gasteiger partial charge is 0.373 e. The Morgan fingerprint density at radius 2 is 2.15 bits per heavy atom. The highest BCUT2D eigenvalue weighted by atomic mass is 31.2. The first-order chi connectivity index (χ1) is 16.0. The molecule has 1 aliphatic heterocycles. The standard InChI is InChI=1S/C23H36N3O7P/c1-16-12-21(22(31-16)15-29-23(3,4)5)33-34(30-11-7-10-24)32-17(2)19-13-18(14-25-6)8-9-20(19)26(27)28/h8-9,13,16-17,21-22,25H,7,11-12,14-15H2,1-6H3/t16-,17?,21?,22+,34?/m0/s1. The summed E-state index contributed by atoms with van der Waals surface area (Å²) in [5.74, 6) is 0. The van der Waals surface area contributed by atoms with E-state index in [0.29, 0.717) is 25.1 Å². The van der Waals surface area contributed by atoms with Crippen LogP contribution >= 0.6 is 8.60 Å². The number of nitro benzene ring substituents is 1. The van der Waals surface area contributed by atoms with Gasteiger partial charge in [0, 0.05) is 19.0 Å². The van der Waals surface area contributed by atoms with Crippen LogP contribution in [0.4, 0.5) is 5.69 Å². The van der Waals surface area contributed by atoms with Crippen molar-refractivity contribution < 1.29 is 28.0 Å². The van der Waals surface area contributed by atoms with Crippen molar-refractivity contribution in [3.05, 3.63) is 39.4 Å². The summed E-state index contributed by atoms with van der Waals surface area (Å²) in [5, 5.41) is 23.6. The van der Waals surface area contributed by atoms with Crippen molar-refractivity contribution in [3.63, 3.8) is 0 Å². The minimum atomic E-state index is -1.90. The van der Waals surface area contributed by atoms with Crippen molar-refractivity contribution in [2.45, 2.75) is 84.0 Å². The van der Waals surface area contributed by atoms with E-state index in [1.165, 1.54) is 6.07 Å². The van der Waals surface area contributed by atoms with Gasteiger partial charge in [-0.25, -0.2) is 0 Å². The zero-order chi connectivity index (χ0) is 25.3. The van der Waals surface area contributed by atoms with E-state index in [2.05, 4.69) is 5.32 Å². The molecule has 3 unspecified atom stereocenters. The predicted molar refractivity (Wildman–Crippen MR) is 128 cm³/mol. The highest BCUT2D eigenvalue weighted by molar-refractivity contribution is 7.41. The topological polar surface area (TPSA) is 125 Å². The van der Waals surface area contributed by atoms with E-state index >= 15 is 0 Å². The first-order valence-corrected chi connectivity index (χ1v) is 12.5. The third kappa shape index (κ3) is 9.16. The number of nitrogens with zero attached hydrogens (tertiary/aromatic N) is 2. The molecule has 1 aromatic carbocycles. The van der Waals surface area contributed by atoms with Crippen molar-refractivity contribution in [2.75, 3.05) is 20.3 Å². The van der Waals surface area contributed by atoms with Crippen LogP contribution in [0.15, 0.2) is 18.2 Å². The van der Waals surface area contributed by atoms with E-state index in [4.69, 9.17) is 28.3 Å². The maximum atomic E-state index is 11.6. The SMILES string of the molecule is CNCc1ccc([N+](=O)[O-])c(C(C)OP(OCCC#N)OC2C[C@H](C)O[C@@H]2COC(C)(C)C)c1. The van der Waals surface area contributed by atoms with Crippen LogP contribution in [0.2, 0.25) is 0 Å².